The molecule has 0 amide bonds. The molecule has 98 valence electrons. The van der Waals surface area contributed by atoms with Crippen LogP contribution in [0.15, 0.2) is 18.2 Å². The molecule has 3 nitrogen and oxygen atoms in total. The van der Waals surface area contributed by atoms with E-state index in [1.807, 2.05) is 0 Å². The molecule has 0 aromatic heterocycles. The minimum atomic E-state index is -0.539. The lowest BCUT2D eigenvalue weighted by atomic mass is 10.1. The van der Waals surface area contributed by atoms with E-state index in [1.165, 1.54) is 44.5 Å². The maximum atomic E-state index is 13.2. The Morgan fingerprint density at radius 2 is 2.22 bits per heavy atom. The molecule has 0 bridgehead atoms. The monoisotopic (exact) mass is 250 g/mol. The van der Waals surface area contributed by atoms with Gasteiger partial charge in [-0.25, -0.2) is 4.39 Å². The van der Waals surface area contributed by atoms with Crippen molar-refractivity contribution in [2.75, 3.05) is 13.1 Å². The van der Waals surface area contributed by atoms with E-state index in [0.29, 0.717) is 18.6 Å². The number of nitrogens with zero attached hydrogens (tertiary/aromatic N) is 1. The fraction of sp³-hybridized carbons (Fsp3) is 0.571. The van der Waals surface area contributed by atoms with E-state index < -0.39 is 5.82 Å². The fourth-order valence-electron chi connectivity index (χ4n) is 3.23. The highest BCUT2D eigenvalue weighted by atomic mass is 19.1. The molecule has 1 aromatic carbocycles. The smallest absolute Gasteiger partial charge is 0.165 e. The molecule has 0 saturated carbocycles. The van der Waals surface area contributed by atoms with Crippen molar-refractivity contribution in [3.8, 4) is 5.75 Å². The van der Waals surface area contributed by atoms with Gasteiger partial charge < -0.3 is 10.4 Å². The van der Waals surface area contributed by atoms with E-state index in [4.69, 9.17) is 5.11 Å². The van der Waals surface area contributed by atoms with Crippen molar-refractivity contribution in [1.29, 1.82) is 0 Å². The van der Waals surface area contributed by atoms with Crippen LogP contribution < -0.4 is 5.32 Å². The largest absolute Gasteiger partial charge is 0.505 e. The van der Waals surface area contributed by atoms with Crippen LogP contribution in [0, 0.1) is 5.82 Å². The van der Waals surface area contributed by atoms with Crippen molar-refractivity contribution in [2.45, 2.75) is 37.9 Å². The van der Waals surface area contributed by atoms with Crippen molar-refractivity contribution in [1.82, 2.24) is 10.2 Å². The summed E-state index contributed by atoms with van der Waals surface area (Å²) in [6, 6.07) is 5.80. The van der Waals surface area contributed by atoms with Crippen LogP contribution in [-0.2, 0) is 6.54 Å². The number of rotatable bonds is 3. The van der Waals surface area contributed by atoms with Crippen LogP contribution >= 0.6 is 0 Å². The zero-order valence-corrected chi connectivity index (χ0v) is 10.4. The predicted octanol–water partition coefficient (Wildman–Crippen LogP) is 1.86. The molecule has 4 heteroatoms. The second-order valence-electron chi connectivity index (χ2n) is 5.31. The van der Waals surface area contributed by atoms with E-state index in [2.05, 4.69) is 10.2 Å². The number of benzene rings is 1. The van der Waals surface area contributed by atoms with Crippen LogP contribution in [-0.4, -0.2) is 35.2 Å². The molecule has 1 aromatic rings. The molecule has 18 heavy (non-hydrogen) atoms. The Labute approximate surface area is 107 Å². The molecule has 0 aliphatic carbocycles. The van der Waals surface area contributed by atoms with Gasteiger partial charge in [0.1, 0.15) is 0 Å². The molecule has 2 saturated heterocycles. The number of phenolic OH excluding ortho intramolecular Hbond substituents is 1. The van der Waals surface area contributed by atoms with Gasteiger partial charge in [0.2, 0.25) is 0 Å². The summed E-state index contributed by atoms with van der Waals surface area (Å²) in [6.45, 7) is 3.09. The highest BCUT2D eigenvalue weighted by Gasteiger charge is 2.36. The van der Waals surface area contributed by atoms with Gasteiger partial charge in [0.25, 0.3) is 0 Å². The van der Waals surface area contributed by atoms with Crippen LogP contribution in [0.25, 0.3) is 0 Å². The molecular formula is C14H19FN2O. The standard InChI is InChI=1S/C14H19FN2O/c15-11-8-10(3-4-14(11)18)9-16-12-5-7-17-6-1-2-13(12)17/h3-4,8,12-13,16,18H,1-2,5-7,9H2. The van der Waals surface area contributed by atoms with Gasteiger partial charge in [-0.3, -0.25) is 4.90 Å². The number of halogens is 1. The Morgan fingerprint density at radius 1 is 1.33 bits per heavy atom. The van der Waals surface area contributed by atoms with Crippen LogP contribution in [0.3, 0.4) is 0 Å². The maximum absolute atomic E-state index is 13.2. The summed E-state index contributed by atoms with van der Waals surface area (Å²) in [5, 5.41) is 12.7. The van der Waals surface area contributed by atoms with Gasteiger partial charge in [0, 0.05) is 25.2 Å². The van der Waals surface area contributed by atoms with E-state index in [0.717, 1.165) is 5.56 Å². The van der Waals surface area contributed by atoms with E-state index in [-0.39, 0.29) is 5.75 Å². The summed E-state index contributed by atoms with van der Waals surface area (Å²) >= 11 is 0. The topological polar surface area (TPSA) is 35.5 Å². The SMILES string of the molecule is Oc1ccc(CNC2CCN3CCCC23)cc1F. The maximum Gasteiger partial charge on any atom is 0.165 e. The predicted molar refractivity (Wildman–Crippen MR) is 67.9 cm³/mol. The average molecular weight is 250 g/mol. The Hall–Kier alpha value is -1.13. The van der Waals surface area contributed by atoms with Crippen molar-refractivity contribution >= 4 is 0 Å². The lowest BCUT2D eigenvalue weighted by Gasteiger charge is -2.21. The fourth-order valence-corrected chi connectivity index (χ4v) is 3.23. The Bertz CT molecular complexity index is 438. The van der Waals surface area contributed by atoms with E-state index in [1.54, 1.807) is 6.07 Å². The average Bonchev–Trinajstić information content (AvgIpc) is 2.94. The molecule has 2 atom stereocenters. The number of aromatic hydroxyl groups is 1. The van der Waals surface area contributed by atoms with Gasteiger partial charge in [-0.1, -0.05) is 6.07 Å². The zero-order chi connectivity index (χ0) is 12.5. The summed E-state index contributed by atoms with van der Waals surface area (Å²) in [6.07, 6.45) is 3.77. The lowest BCUT2D eigenvalue weighted by molar-refractivity contribution is 0.298. The van der Waals surface area contributed by atoms with Gasteiger partial charge in [-0.15, -0.1) is 0 Å². The summed E-state index contributed by atoms with van der Waals surface area (Å²) in [7, 11) is 0. The van der Waals surface area contributed by atoms with Crippen molar-refractivity contribution in [3.05, 3.63) is 29.6 Å². The molecule has 2 N–H and O–H groups in total. The first kappa shape index (κ1) is 11.9. The summed E-state index contributed by atoms with van der Waals surface area (Å²) in [5.41, 5.74) is 0.891. The van der Waals surface area contributed by atoms with Crippen LogP contribution in [0.4, 0.5) is 4.39 Å². The van der Waals surface area contributed by atoms with Gasteiger partial charge in [0.05, 0.1) is 0 Å². The molecule has 2 fully saturated rings. The van der Waals surface area contributed by atoms with Crippen LogP contribution in [0.5, 0.6) is 5.75 Å². The summed E-state index contributed by atoms with van der Waals surface area (Å²) in [4.78, 5) is 2.55. The normalized spacial score (nSPS) is 27.6. The Morgan fingerprint density at radius 3 is 3.06 bits per heavy atom. The number of hydrogen-bond donors (Lipinski definition) is 2. The Balaban J connectivity index is 1.59. The second kappa shape index (κ2) is 4.86. The van der Waals surface area contributed by atoms with Crippen molar-refractivity contribution < 1.29 is 9.50 Å². The van der Waals surface area contributed by atoms with E-state index in [9.17, 15) is 4.39 Å². The highest BCUT2D eigenvalue weighted by Crippen LogP contribution is 2.28. The van der Waals surface area contributed by atoms with Gasteiger partial charge >= 0.3 is 0 Å². The van der Waals surface area contributed by atoms with E-state index >= 15 is 0 Å². The highest BCUT2D eigenvalue weighted by molar-refractivity contribution is 5.28. The number of hydrogen-bond acceptors (Lipinski definition) is 3. The minimum absolute atomic E-state index is 0.276. The molecule has 2 heterocycles. The summed E-state index contributed by atoms with van der Waals surface area (Å²) in [5.74, 6) is -0.815. The number of phenols is 1. The molecule has 2 aliphatic heterocycles. The van der Waals surface area contributed by atoms with Crippen molar-refractivity contribution in [2.24, 2.45) is 0 Å². The molecule has 3 rings (SSSR count). The van der Waals surface area contributed by atoms with Crippen LogP contribution in [0.2, 0.25) is 0 Å². The lowest BCUT2D eigenvalue weighted by Crippen LogP contribution is -2.38. The first-order valence-electron chi connectivity index (χ1n) is 6.69. The molecular weight excluding hydrogens is 231 g/mol. The quantitative estimate of drug-likeness (QED) is 0.859. The minimum Gasteiger partial charge on any atom is -0.505 e. The van der Waals surface area contributed by atoms with Crippen molar-refractivity contribution in [3.63, 3.8) is 0 Å². The first-order valence-corrected chi connectivity index (χ1v) is 6.69. The van der Waals surface area contributed by atoms with Gasteiger partial charge in [-0.05, 0) is 43.5 Å². The third-order valence-electron chi connectivity index (χ3n) is 4.19. The third-order valence-corrected chi connectivity index (χ3v) is 4.19. The summed E-state index contributed by atoms with van der Waals surface area (Å²) < 4.78 is 13.2. The molecule has 0 radical (unpaired) electrons. The van der Waals surface area contributed by atoms with Gasteiger partial charge in [0.15, 0.2) is 11.6 Å². The number of nitrogens with one attached hydrogen (secondary N) is 1. The Kier molecular flexibility index (Phi) is 3.22. The molecule has 2 aliphatic rings. The number of fused-ring (bicyclic) bond motifs is 1. The molecule has 2 unspecified atom stereocenters. The van der Waals surface area contributed by atoms with Crippen LogP contribution in [0.1, 0.15) is 24.8 Å². The third kappa shape index (κ3) is 2.22. The second-order valence-corrected chi connectivity index (χ2v) is 5.31. The first-order chi connectivity index (χ1) is 8.74. The van der Waals surface area contributed by atoms with Gasteiger partial charge in [-0.2, -0.15) is 0 Å². The zero-order valence-electron chi connectivity index (χ0n) is 10.4. The molecule has 0 spiro atoms.